The van der Waals surface area contributed by atoms with Crippen molar-refractivity contribution in [3.8, 4) is 0 Å². The number of allylic oxidation sites excluding steroid dienone is 1. The van der Waals surface area contributed by atoms with E-state index in [2.05, 4.69) is 19.6 Å². The highest BCUT2D eigenvalue weighted by Gasteiger charge is 2.21. The molecule has 10 heavy (non-hydrogen) atoms. The lowest BCUT2D eigenvalue weighted by molar-refractivity contribution is 0.566. The van der Waals surface area contributed by atoms with Crippen LogP contribution in [0.15, 0.2) is 12.2 Å². The summed E-state index contributed by atoms with van der Waals surface area (Å²) < 4.78 is -0.149. The number of rotatable bonds is 3. The topological polar surface area (TPSA) is 26.0 Å². The average molecular weight is 159 g/mol. The van der Waals surface area contributed by atoms with E-state index in [0.717, 1.165) is 6.42 Å². The third-order valence-electron chi connectivity index (χ3n) is 1.69. The third kappa shape index (κ3) is 2.76. The largest absolute Gasteiger partial charge is 0.326 e. The summed E-state index contributed by atoms with van der Waals surface area (Å²) in [6, 6.07) is 0.145. The molecule has 2 unspecified atom stereocenters. The highest BCUT2D eigenvalue weighted by atomic mass is 32.1. The van der Waals surface area contributed by atoms with Gasteiger partial charge in [0.25, 0.3) is 0 Å². The molecule has 2 atom stereocenters. The first-order valence-corrected chi connectivity index (χ1v) is 4.11. The molecule has 0 saturated carbocycles. The fourth-order valence-corrected chi connectivity index (χ4v) is 1.21. The van der Waals surface area contributed by atoms with E-state index in [9.17, 15) is 0 Å². The zero-order chi connectivity index (χ0) is 8.20. The summed E-state index contributed by atoms with van der Waals surface area (Å²) in [5.41, 5.74) is 5.81. The second-order valence-corrected chi connectivity index (χ2v) is 3.70. The number of hydrogen-bond acceptors (Lipinski definition) is 2. The van der Waals surface area contributed by atoms with Crippen LogP contribution in [0.5, 0.6) is 0 Å². The van der Waals surface area contributed by atoms with Gasteiger partial charge < -0.3 is 5.73 Å². The minimum Gasteiger partial charge on any atom is -0.326 e. The summed E-state index contributed by atoms with van der Waals surface area (Å²) in [7, 11) is 0. The fraction of sp³-hybridized carbons (Fsp3) is 0.750. The molecule has 0 aromatic carbocycles. The van der Waals surface area contributed by atoms with Crippen LogP contribution in [0.4, 0.5) is 0 Å². The summed E-state index contributed by atoms with van der Waals surface area (Å²) in [5, 5.41) is 0. The smallest absolute Gasteiger partial charge is 0.0431 e. The Hall–Kier alpha value is 0.0500. The van der Waals surface area contributed by atoms with E-state index < -0.39 is 0 Å². The van der Waals surface area contributed by atoms with E-state index in [0.29, 0.717) is 0 Å². The van der Waals surface area contributed by atoms with Gasteiger partial charge in [-0.2, -0.15) is 12.6 Å². The highest BCUT2D eigenvalue weighted by molar-refractivity contribution is 7.82. The predicted molar refractivity (Wildman–Crippen MR) is 50.5 cm³/mol. The minimum atomic E-state index is -0.149. The van der Waals surface area contributed by atoms with Gasteiger partial charge in [-0.3, -0.25) is 0 Å². The Balaban J connectivity index is 4.09. The van der Waals surface area contributed by atoms with Crippen molar-refractivity contribution < 1.29 is 0 Å². The Morgan fingerprint density at radius 1 is 1.70 bits per heavy atom. The molecule has 2 heteroatoms. The maximum Gasteiger partial charge on any atom is 0.0431 e. The lowest BCUT2D eigenvalue weighted by Crippen LogP contribution is -2.38. The molecule has 0 aliphatic heterocycles. The van der Waals surface area contributed by atoms with Crippen molar-refractivity contribution in [3.05, 3.63) is 12.2 Å². The number of hydrogen-bond donors (Lipinski definition) is 2. The monoisotopic (exact) mass is 159 g/mol. The van der Waals surface area contributed by atoms with Gasteiger partial charge in [0.1, 0.15) is 0 Å². The Morgan fingerprint density at radius 2 is 2.20 bits per heavy atom. The zero-order valence-corrected chi connectivity index (χ0v) is 7.86. The van der Waals surface area contributed by atoms with Crippen LogP contribution in [0.1, 0.15) is 27.2 Å². The molecular formula is C8H17NS. The van der Waals surface area contributed by atoms with Gasteiger partial charge in [0.2, 0.25) is 0 Å². The van der Waals surface area contributed by atoms with Gasteiger partial charge in [-0.1, -0.05) is 19.1 Å². The first-order valence-electron chi connectivity index (χ1n) is 3.66. The van der Waals surface area contributed by atoms with E-state index in [1.807, 2.05) is 26.0 Å². The van der Waals surface area contributed by atoms with Crippen molar-refractivity contribution in [2.45, 2.75) is 38.0 Å². The van der Waals surface area contributed by atoms with Crippen LogP contribution >= 0.6 is 12.6 Å². The van der Waals surface area contributed by atoms with Gasteiger partial charge >= 0.3 is 0 Å². The quantitative estimate of drug-likeness (QED) is 0.478. The lowest BCUT2D eigenvalue weighted by Gasteiger charge is -2.25. The molecule has 0 aliphatic rings. The van der Waals surface area contributed by atoms with Crippen LogP contribution in [-0.4, -0.2) is 10.8 Å². The highest BCUT2D eigenvalue weighted by Crippen LogP contribution is 2.20. The minimum absolute atomic E-state index is 0.145. The Labute approximate surface area is 69.1 Å². The molecule has 0 rings (SSSR count). The fourth-order valence-electron chi connectivity index (χ4n) is 0.874. The summed E-state index contributed by atoms with van der Waals surface area (Å²) >= 11 is 4.43. The first kappa shape index (κ1) is 10.0. The van der Waals surface area contributed by atoms with Crippen LogP contribution in [0, 0.1) is 0 Å². The molecule has 0 saturated heterocycles. The van der Waals surface area contributed by atoms with E-state index in [1.165, 1.54) is 0 Å². The molecule has 0 spiro atoms. The summed E-state index contributed by atoms with van der Waals surface area (Å²) in [4.78, 5) is 0. The standard InChI is InChI=1S/C8H17NS/c1-4-6-8(3,10)7(9)5-2/h4,6-7,10H,5,9H2,1-3H3/b6-4-. The molecular weight excluding hydrogens is 142 g/mol. The molecule has 0 aromatic rings. The van der Waals surface area contributed by atoms with Gasteiger partial charge in [0.15, 0.2) is 0 Å². The Kier molecular flexibility index (Phi) is 4.06. The van der Waals surface area contributed by atoms with Crippen LogP contribution in [-0.2, 0) is 0 Å². The SMILES string of the molecule is C/C=C\C(C)(S)C(N)CC. The van der Waals surface area contributed by atoms with Crippen molar-refractivity contribution in [3.63, 3.8) is 0 Å². The van der Waals surface area contributed by atoms with Crippen LogP contribution < -0.4 is 5.73 Å². The van der Waals surface area contributed by atoms with Crippen LogP contribution in [0.25, 0.3) is 0 Å². The number of thiol groups is 1. The molecule has 0 radical (unpaired) electrons. The van der Waals surface area contributed by atoms with Crippen molar-refractivity contribution in [1.82, 2.24) is 0 Å². The van der Waals surface area contributed by atoms with Gasteiger partial charge in [0.05, 0.1) is 0 Å². The van der Waals surface area contributed by atoms with Crippen molar-refractivity contribution in [2.75, 3.05) is 0 Å². The van der Waals surface area contributed by atoms with Gasteiger partial charge in [-0.15, -0.1) is 0 Å². The third-order valence-corrected chi connectivity index (χ3v) is 2.18. The molecule has 60 valence electrons. The van der Waals surface area contributed by atoms with Crippen LogP contribution in [0.2, 0.25) is 0 Å². The van der Waals surface area contributed by atoms with Gasteiger partial charge in [0, 0.05) is 10.8 Å². The summed E-state index contributed by atoms with van der Waals surface area (Å²) in [6.07, 6.45) is 4.98. The normalized spacial score (nSPS) is 20.9. The average Bonchev–Trinajstić information content (AvgIpc) is 1.86. The van der Waals surface area contributed by atoms with E-state index >= 15 is 0 Å². The Bertz CT molecular complexity index is 118. The van der Waals surface area contributed by atoms with E-state index in [1.54, 1.807) is 0 Å². The summed E-state index contributed by atoms with van der Waals surface area (Å²) in [5.74, 6) is 0. The van der Waals surface area contributed by atoms with Crippen LogP contribution in [0.3, 0.4) is 0 Å². The second kappa shape index (κ2) is 4.04. The molecule has 0 aromatic heterocycles. The number of nitrogens with two attached hydrogens (primary N) is 1. The van der Waals surface area contributed by atoms with Crippen molar-refractivity contribution in [1.29, 1.82) is 0 Å². The Morgan fingerprint density at radius 3 is 2.50 bits per heavy atom. The maximum atomic E-state index is 5.81. The zero-order valence-electron chi connectivity index (χ0n) is 6.96. The molecule has 0 heterocycles. The van der Waals surface area contributed by atoms with Gasteiger partial charge in [-0.25, -0.2) is 0 Å². The molecule has 0 fully saturated rings. The summed E-state index contributed by atoms with van der Waals surface area (Å²) in [6.45, 7) is 6.09. The van der Waals surface area contributed by atoms with Crippen molar-refractivity contribution in [2.24, 2.45) is 5.73 Å². The molecule has 1 nitrogen and oxygen atoms in total. The van der Waals surface area contributed by atoms with E-state index in [-0.39, 0.29) is 10.8 Å². The molecule has 0 bridgehead atoms. The van der Waals surface area contributed by atoms with E-state index in [4.69, 9.17) is 5.73 Å². The van der Waals surface area contributed by atoms with Crippen molar-refractivity contribution >= 4 is 12.6 Å². The molecule has 0 amide bonds. The molecule has 0 aliphatic carbocycles. The van der Waals surface area contributed by atoms with Gasteiger partial charge in [-0.05, 0) is 20.3 Å². The predicted octanol–water partition coefficient (Wildman–Crippen LogP) is 1.99. The second-order valence-electron chi connectivity index (χ2n) is 2.74. The lowest BCUT2D eigenvalue weighted by atomic mass is 9.99. The molecule has 2 N–H and O–H groups in total. The maximum absolute atomic E-state index is 5.81. The first-order chi connectivity index (χ1) is 4.54.